The first-order valence-electron chi connectivity index (χ1n) is 6.39. The Labute approximate surface area is 110 Å². The molecule has 2 aromatic carbocycles. The van der Waals surface area contributed by atoms with E-state index < -0.39 is 0 Å². The molecular formula is C18H20. The summed E-state index contributed by atoms with van der Waals surface area (Å²) in [5.74, 6) is 0. The molecule has 0 heteroatoms. The summed E-state index contributed by atoms with van der Waals surface area (Å²) in [5.41, 5.74) is 7.90. The summed E-state index contributed by atoms with van der Waals surface area (Å²) in [6.45, 7) is 8.60. The van der Waals surface area contributed by atoms with Crippen LogP contribution >= 0.6 is 0 Å². The quantitative estimate of drug-likeness (QED) is 0.637. The number of hydrogen-bond donors (Lipinski definition) is 0. The van der Waals surface area contributed by atoms with E-state index in [1.54, 1.807) is 0 Å². The van der Waals surface area contributed by atoms with Crippen molar-refractivity contribution in [1.29, 1.82) is 0 Å². The normalized spacial score (nSPS) is 11.1. The van der Waals surface area contributed by atoms with Gasteiger partial charge in [-0.25, -0.2) is 0 Å². The van der Waals surface area contributed by atoms with Crippen molar-refractivity contribution in [3.8, 4) is 0 Å². The first-order chi connectivity index (χ1) is 8.56. The van der Waals surface area contributed by atoms with Crippen LogP contribution in [0.15, 0.2) is 36.4 Å². The van der Waals surface area contributed by atoms with Crippen molar-refractivity contribution < 1.29 is 0 Å². The van der Waals surface area contributed by atoms with Crippen molar-refractivity contribution in [2.75, 3.05) is 0 Å². The predicted molar refractivity (Wildman–Crippen MR) is 80.8 cm³/mol. The Morgan fingerprint density at radius 1 is 0.556 bits per heavy atom. The molecule has 0 atom stereocenters. The first-order valence-corrected chi connectivity index (χ1v) is 6.39. The van der Waals surface area contributed by atoms with Crippen LogP contribution in [0.3, 0.4) is 0 Å². The van der Waals surface area contributed by atoms with Crippen molar-refractivity contribution in [2.24, 2.45) is 0 Å². The molecule has 0 bridgehead atoms. The largest absolute Gasteiger partial charge is 0.0585 e. The van der Waals surface area contributed by atoms with Crippen LogP contribution < -0.4 is 0 Å². The van der Waals surface area contributed by atoms with Gasteiger partial charge in [-0.3, -0.25) is 0 Å². The van der Waals surface area contributed by atoms with E-state index in [-0.39, 0.29) is 0 Å². The zero-order chi connectivity index (χ0) is 13.1. The van der Waals surface area contributed by atoms with Gasteiger partial charge in [0.1, 0.15) is 0 Å². The third kappa shape index (κ3) is 2.89. The van der Waals surface area contributed by atoms with E-state index in [1.807, 2.05) is 0 Å². The lowest BCUT2D eigenvalue weighted by molar-refractivity contribution is 1.33. The molecule has 0 saturated carbocycles. The van der Waals surface area contributed by atoms with Gasteiger partial charge in [0.2, 0.25) is 0 Å². The average molecular weight is 236 g/mol. The van der Waals surface area contributed by atoms with Crippen LogP contribution in [0.1, 0.15) is 33.4 Å². The standard InChI is InChI=1S/C18H20/c1-13-5-7-17(11-15(13)3)9-10-18-8-6-14(2)16(4)12-18/h5-12H,1-4H3. The number of benzene rings is 2. The van der Waals surface area contributed by atoms with Gasteiger partial charge in [0.15, 0.2) is 0 Å². The molecule has 0 N–H and O–H groups in total. The minimum absolute atomic E-state index is 1.26. The molecule has 0 radical (unpaired) electrons. The third-order valence-corrected chi connectivity index (χ3v) is 3.53. The maximum atomic E-state index is 2.23. The summed E-state index contributed by atoms with van der Waals surface area (Å²) < 4.78 is 0. The van der Waals surface area contributed by atoms with Crippen molar-refractivity contribution in [1.82, 2.24) is 0 Å². The molecule has 0 heterocycles. The molecule has 0 aliphatic heterocycles. The molecule has 0 aliphatic rings. The van der Waals surface area contributed by atoms with Crippen molar-refractivity contribution >= 4 is 12.2 Å². The van der Waals surface area contributed by atoms with E-state index in [0.717, 1.165) is 0 Å². The second-order valence-corrected chi connectivity index (χ2v) is 5.02. The van der Waals surface area contributed by atoms with Crippen LogP contribution in [0.25, 0.3) is 12.2 Å². The van der Waals surface area contributed by atoms with Gasteiger partial charge in [-0.2, -0.15) is 0 Å². The summed E-state index contributed by atoms with van der Waals surface area (Å²) >= 11 is 0. The molecule has 0 amide bonds. The second-order valence-electron chi connectivity index (χ2n) is 5.02. The molecule has 2 rings (SSSR count). The highest BCUT2D eigenvalue weighted by Crippen LogP contribution is 2.15. The molecule has 2 aromatic rings. The monoisotopic (exact) mass is 236 g/mol. The van der Waals surface area contributed by atoms with E-state index >= 15 is 0 Å². The molecule has 92 valence electrons. The van der Waals surface area contributed by atoms with E-state index in [9.17, 15) is 0 Å². The maximum Gasteiger partial charge on any atom is -0.0254 e. The fraction of sp³-hybridized carbons (Fsp3) is 0.222. The Bertz CT molecular complexity index is 535. The van der Waals surface area contributed by atoms with Gasteiger partial charge in [-0.05, 0) is 61.1 Å². The lowest BCUT2D eigenvalue weighted by Crippen LogP contribution is -1.83. The minimum atomic E-state index is 1.26. The lowest BCUT2D eigenvalue weighted by atomic mass is 10.0. The van der Waals surface area contributed by atoms with Crippen molar-refractivity contribution in [3.05, 3.63) is 69.8 Å². The molecule has 18 heavy (non-hydrogen) atoms. The molecule has 0 unspecified atom stereocenters. The summed E-state index contributed by atoms with van der Waals surface area (Å²) in [7, 11) is 0. The highest BCUT2D eigenvalue weighted by molar-refractivity contribution is 5.70. The summed E-state index contributed by atoms with van der Waals surface area (Å²) in [4.78, 5) is 0. The van der Waals surface area contributed by atoms with E-state index in [4.69, 9.17) is 0 Å². The Kier molecular flexibility index (Phi) is 3.66. The Balaban J connectivity index is 2.24. The molecular weight excluding hydrogens is 216 g/mol. The van der Waals surface area contributed by atoms with E-state index in [1.165, 1.54) is 33.4 Å². The average Bonchev–Trinajstić information content (AvgIpc) is 2.35. The van der Waals surface area contributed by atoms with Gasteiger partial charge >= 0.3 is 0 Å². The molecule has 0 nitrogen and oxygen atoms in total. The summed E-state index contributed by atoms with van der Waals surface area (Å²) in [5, 5.41) is 0. The molecule has 0 saturated heterocycles. The van der Waals surface area contributed by atoms with Crippen LogP contribution in [0.2, 0.25) is 0 Å². The Morgan fingerprint density at radius 2 is 0.944 bits per heavy atom. The summed E-state index contributed by atoms with van der Waals surface area (Å²) in [6, 6.07) is 13.1. The van der Waals surface area contributed by atoms with Crippen LogP contribution in [0.5, 0.6) is 0 Å². The predicted octanol–water partition coefficient (Wildman–Crippen LogP) is 5.09. The topological polar surface area (TPSA) is 0 Å². The number of rotatable bonds is 2. The molecule has 0 aliphatic carbocycles. The molecule has 0 fully saturated rings. The maximum absolute atomic E-state index is 2.23. The fourth-order valence-corrected chi connectivity index (χ4v) is 1.93. The van der Waals surface area contributed by atoms with Gasteiger partial charge < -0.3 is 0 Å². The second kappa shape index (κ2) is 5.22. The van der Waals surface area contributed by atoms with Crippen LogP contribution in [-0.2, 0) is 0 Å². The third-order valence-electron chi connectivity index (χ3n) is 3.53. The van der Waals surface area contributed by atoms with Crippen molar-refractivity contribution in [3.63, 3.8) is 0 Å². The van der Waals surface area contributed by atoms with Gasteiger partial charge in [0.05, 0.1) is 0 Å². The van der Waals surface area contributed by atoms with E-state index in [2.05, 4.69) is 76.2 Å². The van der Waals surface area contributed by atoms with Gasteiger partial charge in [-0.15, -0.1) is 0 Å². The SMILES string of the molecule is Cc1ccc(C=Cc2ccc(C)c(C)c2)cc1C. The fourth-order valence-electron chi connectivity index (χ4n) is 1.93. The lowest BCUT2D eigenvalue weighted by Gasteiger charge is -2.02. The van der Waals surface area contributed by atoms with Gasteiger partial charge in [0.25, 0.3) is 0 Å². The van der Waals surface area contributed by atoms with E-state index in [0.29, 0.717) is 0 Å². The Hall–Kier alpha value is -1.82. The highest BCUT2D eigenvalue weighted by atomic mass is 14.0. The number of aryl methyl sites for hydroxylation is 4. The smallest absolute Gasteiger partial charge is 0.0254 e. The minimum Gasteiger partial charge on any atom is -0.0585 e. The van der Waals surface area contributed by atoms with Crippen LogP contribution in [-0.4, -0.2) is 0 Å². The number of hydrogen-bond acceptors (Lipinski definition) is 0. The van der Waals surface area contributed by atoms with Gasteiger partial charge in [-0.1, -0.05) is 48.6 Å². The highest BCUT2D eigenvalue weighted by Gasteiger charge is 1.95. The molecule has 0 spiro atoms. The zero-order valence-electron chi connectivity index (χ0n) is 11.6. The van der Waals surface area contributed by atoms with Crippen LogP contribution in [0, 0.1) is 27.7 Å². The van der Waals surface area contributed by atoms with Gasteiger partial charge in [0, 0.05) is 0 Å². The van der Waals surface area contributed by atoms with Crippen LogP contribution in [0.4, 0.5) is 0 Å². The Morgan fingerprint density at radius 3 is 1.28 bits per heavy atom. The van der Waals surface area contributed by atoms with Crippen molar-refractivity contribution in [2.45, 2.75) is 27.7 Å². The zero-order valence-corrected chi connectivity index (χ0v) is 11.6. The summed E-state index contributed by atoms with van der Waals surface area (Å²) in [6.07, 6.45) is 4.35. The first kappa shape index (κ1) is 12.6. The molecule has 0 aromatic heterocycles.